The Bertz CT molecular complexity index is 236. The molecule has 2 N–H and O–H groups in total. The van der Waals surface area contributed by atoms with Crippen LogP contribution in [0.1, 0.15) is 25.7 Å². The molecule has 0 aromatic carbocycles. The first-order chi connectivity index (χ1) is 5.87. The van der Waals surface area contributed by atoms with Crippen LogP contribution in [0.2, 0.25) is 0 Å². The van der Waals surface area contributed by atoms with E-state index < -0.39 is 0 Å². The summed E-state index contributed by atoms with van der Waals surface area (Å²) in [5, 5.41) is 7.63. The molecule has 0 amide bonds. The maximum absolute atomic E-state index is 5.78. The van der Waals surface area contributed by atoms with Gasteiger partial charge in [-0.1, -0.05) is 12.8 Å². The van der Waals surface area contributed by atoms with Gasteiger partial charge in [-0.25, -0.2) is 0 Å². The van der Waals surface area contributed by atoms with E-state index in [1.165, 1.54) is 25.7 Å². The van der Waals surface area contributed by atoms with Crippen LogP contribution in [0.4, 0.5) is 0 Å². The second-order valence-electron chi connectivity index (χ2n) is 3.50. The van der Waals surface area contributed by atoms with Crippen LogP contribution in [0.25, 0.3) is 0 Å². The average Bonchev–Trinajstić information content (AvgIpc) is 2.76. The fourth-order valence-electron chi connectivity index (χ4n) is 2.05. The van der Waals surface area contributed by atoms with Gasteiger partial charge < -0.3 is 10.3 Å². The highest BCUT2D eigenvalue weighted by molar-refractivity contribution is 4.93. The van der Waals surface area contributed by atoms with Crippen molar-refractivity contribution >= 4 is 0 Å². The van der Waals surface area contributed by atoms with Crippen LogP contribution in [0.5, 0.6) is 0 Å². The predicted octanol–water partition coefficient (Wildman–Crippen LogP) is 0.506. The summed E-state index contributed by atoms with van der Waals surface area (Å²) in [7, 11) is 0. The van der Waals surface area contributed by atoms with Crippen molar-refractivity contribution in [2.45, 2.75) is 31.2 Å². The molecule has 0 saturated heterocycles. The molecule has 0 unspecified atom stereocenters. The molecule has 0 spiro atoms. The second-order valence-corrected chi connectivity index (χ2v) is 3.50. The summed E-state index contributed by atoms with van der Waals surface area (Å²) in [6.07, 6.45) is 8.43. The Balaban J connectivity index is 2.28. The molecule has 0 bridgehead atoms. The molecule has 1 aromatic rings. The molecule has 1 aromatic heterocycles. The molecule has 1 aliphatic rings. The maximum Gasteiger partial charge on any atom is 0.119 e. The van der Waals surface area contributed by atoms with Crippen LogP contribution >= 0.6 is 0 Å². The van der Waals surface area contributed by atoms with Gasteiger partial charge in [-0.15, -0.1) is 10.2 Å². The van der Waals surface area contributed by atoms with Gasteiger partial charge in [0.25, 0.3) is 0 Å². The highest BCUT2D eigenvalue weighted by Crippen LogP contribution is 2.34. The third kappa shape index (κ3) is 1.03. The van der Waals surface area contributed by atoms with Crippen LogP contribution < -0.4 is 5.73 Å². The highest BCUT2D eigenvalue weighted by Gasteiger charge is 2.33. The molecule has 0 aliphatic heterocycles. The predicted molar refractivity (Wildman–Crippen MR) is 45.5 cm³/mol. The van der Waals surface area contributed by atoms with Gasteiger partial charge >= 0.3 is 0 Å². The first-order valence-corrected chi connectivity index (χ1v) is 4.43. The SMILES string of the molecule is NCC1(n2cnnc2)CCCC1. The Hall–Kier alpha value is -0.900. The van der Waals surface area contributed by atoms with Crippen LogP contribution in [0.3, 0.4) is 0 Å². The standard InChI is InChI=1S/C8H14N4/c9-5-8(3-1-2-4-8)12-6-10-11-7-12/h6-7H,1-5,9H2. The number of nitrogens with two attached hydrogens (primary N) is 1. The fourth-order valence-corrected chi connectivity index (χ4v) is 2.05. The largest absolute Gasteiger partial charge is 0.328 e. The van der Waals surface area contributed by atoms with Crippen LogP contribution in [-0.4, -0.2) is 21.3 Å². The average molecular weight is 166 g/mol. The van der Waals surface area contributed by atoms with Gasteiger partial charge in [0, 0.05) is 6.54 Å². The Morgan fingerprint density at radius 3 is 2.33 bits per heavy atom. The minimum absolute atomic E-state index is 0.128. The van der Waals surface area contributed by atoms with Crippen molar-refractivity contribution in [2.75, 3.05) is 6.54 Å². The maximum atomic E-state index is 5.78. The van der Waals surface area contributed by atoms with Gasteiger partial charge in [-0.05, 0) is 12.8 Å². The molecule has 66 valence electrons. The number of rotatable bonds is 2. The van der Waals surface area contributed by atoms with E-state index in [1.54, 1.807) is 12.7 Å². The second kappa shape index (κ2) is 2.86. The zero-order valence-corrected chi connectivity index (χ0v) is 7.11. The molecule has 4 heteroatoms. The molecule has 4 nitrogen and oxygen atoms in total. The van der Waals surface area contributed by atoms with Crippen LogP contribution in [0, 0.1) is 0 Å². The molecule has 2 rings (SSSR count). The van der Waals surface area contributed by atoms with E-state index in [4.69, 9.17) is 5.73 Å². The van der Waals surface area contributed by atoms with E-state index in [0.29, 0.717) is 6.54 Å². The van der Waals surface area contributed by atoms with Gasteiger partial charge in [0.2, 0.25) is 0 Å². The minimum Gasteiger partial charge on any atom is -0.328 e. The third-order valence-corrected chi connectivity index (χ3v) is 2.88. The lowest BCUT2D eigenvalue weighted by molar-refractivity contribution is 0.302. The lowest BCUT2D eigenvalue weighted by atomic mass is 9.98. The molecule has 1 fully saturated rings. The minimum atomic E-state index is 0.128. The molecule has 1 heterocycles. The molecule has 1 aliphatic carbocycles. The highest BCUT2D eigenvalue weighted by atomic mass is 15.3. The zero-order valence-electron chi connectivity index (χ0n) is 7.11. The van der Waals surface area contributed by atoms with Crippen molar-refractivity contribution in [2.24, 2.45) is 5.73 Å². The summed E-state index contributed by atoms with van der Waals surface area (Å²) in [5.74, 6) is 0. The third-order valence-electron chi connectivity index (χ3n) is 2.88. The Morgan fingerprint density at radius 1 is 1.25 bits per heavy atom. The van der Waals surface area contributed by atoms with Crippen molar-refractivity contribution in [3.63, 3.8) is 0 Å². The molecule has 12 heavy (non-hydrogen) atoms. The van der Waals surface area contributed by atoms with E-state index in [1.807, 2.05) is 0 Å². The van der Waals surface area contributed by atoms with E-state index in [2.05, 4.69) is 14.8 Å². The van der Waals surface area contributed by atoms with Gasteiger partial charge in [-0.3, -0.25) is 0 Å². The summed E-state index contributed by atoms with van der Waals surface area (Å²) in [5.41, 5.74) is 5.91. The first kappa shape index (κ1) is 7.73. The van der Waals surface area contributed by atoms with E-state index in [-0.39, 0.29) is 5.54 Å². The normalized spacial score (nSPS) is 21.4. The summed E-state index contributed by atoms with van der Waals surface area (Å²) in [6, 6.07) is 0. The van der Waals surface area contributed by atoms with Crippen molar-refractivity contribution in [3.05, 3.63) is 12.7 Å². The molecule has 0 radical (unpaired) electrons. The van der Waals surface area contributed by atoms with Crippen LogP contribution in [0.15, 0.2) is 12.7 Å². The van der Waals surface area contributed by atoms with E-state index >= 15 is 0 Å². The number of hydrogen-bond acceptors (Lipinski definition) is 3. The zero-order chi connectivity index (χ0) is 8.44. The quantitative estimate of drug-likeness (QED) is 0.696. The summed E-state index contributed by atoms with van der Waals surface area (Å²) in [4.78, 5) is 0. The van der Waals surface area contributed by atoms with E-state index in [9.17, 15) is 0 Å². The lowest BCUT2D eigenvalue weighted by Gasteiger charge is -2.27. The van der Waals surface area contributed by atoms with Crippen LogP contribution in [-0.2, 0) is 5.54 Å². The molecule has 0 atom stereocenters. The Kier molecular flexibility index (Phi) is 1.84. The van der Waals surface area contributed by atoms with Gasteiger partial charge in [0.15, 0.2) is 0 Å². The molecular weight excluding hydrogens is 152 g/mol. The van der Waals surface area contributed by atoms with Crippen molar-refractivity contribution in [1.29, 1.82) is 0 Å². The lowest BCUT2D eigenvalue weighted by Crippen LogP contribution is -2.37. The van der Waals surface area contributed by atoms with Crippen molar-refractivity contribution in [1.82, 2.24) is 14.8 Å². The number of nitrogens with zero attached hydrogens (tertiary/aromatic N) is 3. The molecule has 1 saturated carbocycles. The smallest absolute Gasteiger partial charge is 0.119 e. The number of aromatic nitrogens is 3. The summed E-state index contributed by atoms with van der Waals surface area (Å²) >= 11 is 0. The first-order valence-electron chi connectivity index (χ1n) is 4.43. The van der Waals surface area contributed by atoms with Crippen molar-refractivity contribution in [3.8, 4) is 0 Å². The number of hydrogen-bond donors (Lipinski definition) is 1. The fraction of sp³-hybridized carbons (Fsp3) is 0.750. The topological polar surface area (TPSA) is 56.7 Å². The van der Waals surface area contributed by atoms with E-state index in [0.717, 1.165) is 0 Å². The Morgan fingerprint density at radius 2 is 1.83 bits per heavy atom. The van der Waals surface area contributed by atoms with Gasteiger partial charge in [0.05, 0.1) is 5.54 Å². The monoisotopic (exact) mass is 166 g/mol. The summed E-state index contributed by atoms with van der Waals surface area (Å²) in [6.45, 7) is 0.699. The Labute approximate surface area is 71.8 Å². The van der Waals surface area contributed by atoms with Crippen molar-refractivity contribution < 1.29 is 0 Å². The summed E-state index contributed by atoms with van der Waals surface area (Å²) < 4.78 is 2.07. The van der Waals surface area contributed by atoms with Gasteiger partial charge in [-0.2, -0.15) is 0 Å². The van der Waals surface area contributed by atoms with Gasteiger partial charge in [0.1, 0.15) is 12.7 Å². The molecular formula is C8H14N4.